The van der Waals surface area contributed by atoms with Crippen LogP contribution < -0.4 is 10.8 Å². The van der Waals surface area contributed by atoms with E-state index in [1.807, 2.05) is 0 Å². The van der Waals surface area contributed by atoms with Crippen LogP contribution >= 0.6 is 0 Å². The molecule has 0 radical (unpaired) electrons. The standard InChI is InChI=1S/C15H13F3N2O2/c16-15(17,18)12-5-7-13(8-6-12)19-9-10-1-3-11(4-2-10)14(21)20-22/h1-8,19,22H,9H2,(H,20,21). The third-order valence-corrected chi connectivity index (χ3v) is 3.03. The van der Waals surface area contributed by atoms with Crippen LogP contribution in [0.15, 0.2) is 48.5 Å². The fourth-order valence-corrected chi connectivity index (χ4v) is 1.82. The predicted octanol–water partition coefficient (Wildman–Crippen LogP) is 3.44. The Kier molecular flexibility index (Phi) is 4.67. The maximum atomic E-state index is 12.4. The van der Waals surface area contributed by atoms with E-state index in [9.17, 15) is 18.0 Å². The van der Waals surface area contributed by atoms with E-state index in [0.717, 1.165) is 17.7 Å². The van der Waals surface area contributed by atoms with E-state index >= 15 is 0 Å². The largest absolute Gasteiger partial charge is 0.416 e. The van der Waals surface area contributed by atoms with Crippen molar-refractivity contribution in [3.8, 4) is 0 Å². The molecule has 0 aromatic heterocycles. The molecule has 0 aliphatic carbocycles. The van der Waals surface area contributed by atoms with Crippen LogP contribution in [0.1, 0.15) is 21.5 Å². The Bertz CT molecular complexity index is 637. The highest BCUT2D eigenvalue weighted by molar-refractivity contribution is 5.93. The zero-order valence-electron chi connectivity index (χ0n) is 11.3. The number of hydrogen-bond acceptors (Lipinski definition) is 3. The van der Waals surface area contributed by atoms with Gasteiger partial charge in [-0.15, -0.1) is 0 Å². The van der Waals surface area contributed by atoms with Crippen molar-refractivity contribution < 1.29 is 23.2 Å². The van der Waals surface area contributed by atoms with Crippen LogP contribution in [0.5, 0.6) is 0 Å². The van der Waals surface area contributed by atoms with Crippen LogP contribution in [0.3, 0.4) is 0 Å². The lowest BCUT2D eigenvalue weighted by Gasteiger charge is -2.10. The van der Waals surface area contributed by atoms with Gasteiger partial charge in [0.15, 0.2) is 0 Å². The summed E-state index contributed by atoms with van der Waals surface area (Å²) in [5.74, 6) is -0.609. The Morgan fingerprint density at radius 1 is 1.00 bits per heavy atom. The molecule has 3 N–H and O–H groups in total. The highest BCUT2D eigenvalue weighted by Gasteiger charge is 2.29. The van der Waals surface area contributed by atoms with Gasteiger partial charge in [0.1, 0.15) is 0 Å². The van der Waals surface area contributed by atoms with Gasteiger partial charge in [0, 0.05) is 17.8 Å². The van der Waals surface area contributed by atoms with Crippen molar-refractivity contribution in [3.05, 3.63) is 65.2 Å². The lowest BCUT2D eigenvalue weighted by molar-refractivity contribution is -0.137. The molecule has 2 aromatic carbocycles. The van der Waals surface area contributed by atoms with Crippen LogP contribution in [0.25, 0.3) is 0 Å². The summed E-state index contributed by atoms with van der Waals surface area (Å²) in [6, 6.07) is 11.2. The number of halogens is 3. The maximum absolute atomic E-state index is 12.4. The second-order valence-electron chi connectivity index (χ2n) is 4.57. The van der Waals surface area contributed by atoms with Crippen molar-refractivity contribution in [1.82, 2.24) is 5.48 Å². The van der Waals surface area contributed by atoms with Crippen LogP contribution in [0.2, 0.25) is 0 Å². The van der Waals surface area contributed by atoms with Gasteiger partial charge in [0.25, 0.3) is 5.91 Å². The molecule has 4 nitrogen and oxygen atoms in total. The first-order valence-electron chi connectivity index (χ1n) is 6.34. The smallest absolute Gasteiger partial charge is 0.381 e. The van der Waals surface area contributed by atoms with Crippen molar-refractivity contribution in [2.75, 3.05) is 5.32 Å². The van der Waals surface area contributed by atoms with Gasteiger partial charge in [-0.3, -0.25) is 10.0 Å². The average Bonchev–Trinajstić information content (AvgIpc) is 2.52. The second-order valence-corrected chi connectivity index (χ2v) is 4.57. The summed E-state index contributed by atoms with van der Waals surface area (Å²) in [7, 11) is 0. The first-order chi connectivity index (χ1) is 10.4. The number of hydroxylamine groups is 1. The lowest BCUT2D eigenvalue weighted by atomic mass is 10.1. The van der Waals surface area contributed by atoms with Gasteiger partial charge in [-0.05, 0) is 42.0 Å². The van der Waals surface area contributed by atoms with E-state index in [2.05, 4.69) is 5.32 Å². The van der Waals surface area contributed by atoms with E-state index in [4.69, 9.17) is 5.21 Å². The third kappa shape index (κ3) is 3.98. The van der Waals surface area contributed by atoms with Crippen molar-refractivity contribution in [2.45, 2.75) is 12.7 Å². The number of carbonyl (C=O) groups is 1. The Morgan fingerprint density at radius 2 is 1.59 bits per heavy atom. The van der Waals surface area contributed by atoms with Gasteiger partial charge in [-0.2, -0.15) is 13.2 Å². The minimum absolute atomic E-state index is 0.306. The Hall–Kier alpha value is -2.54. The van der Waals surface area contributed by atoms with Crippen LogP contribution in [-0.2, 0) is 12.7 Å². The normalized spacial score (nSPS) is 11.1. The van der Waals surface area contributed by atoms with Crippen molar-refractivity contribution >= 4 is 11.6 Å². The number of rotatable bonds is 4. The van der Waals surface area contributed by atoms with Crippen LogP contribution in [0.4, 0.5) is 18.9 Å². The van der Waals surface area contributed by atoms with Gasteiger partial charge in [-0.1, -0.05) is 12.1 Å². The number of anilines is 1. The fourth-order valence-electron chi connectivity index (χ4n) is 1.82. The molecule has 116 valence electrons. The number of benzene rings is 2. The summed E-state index contributed by atoms with van der Waals surface area (Å²) in [5.41, 5.74) is 2.54. The van der Waals surface area contributed by atoms with Gasteiger partial charge in [0.05, 0.1) is 5.56 Å². The quantitative estimate of drug-likeness (QED) is 0.599. The number of amides is 1. The molecule has 0 saturated heterocycles. The van der Waals surface area contributed by atoms with Gasteiger partial charge in [0.2, 0.25) is 0 Å². The number of hydrogen-bond donors (Lipinski definition) is 3. The highest BCUT2D eigenvalue weighted by atomic mass is 19.4. The number of nitrogens with one attached hydrogen (secondary N) is 2. The molecule has 0 bridgehead atoms. The van der Waals surface area contributed by atoms with Crippen molar-refractivity contribution in [1.29, 1.82) is 0 Å². The summed E-state index contributed by atoms with van der Waals surface area (Å²) in [6.45, 7) is 0.395. The first-order valence-corrected chi connectivity index (χ1v) is 6.34. The maximum Gasteiger partial charge on any atom is 0.416 e. The molecule has 0 fully saturated rings. The molecule has 0 spiro atoms. The van der Waals surface area contributed by atoms with Crippen molar-refractivity contribution in [2.24, 2.45) is 0 Å². The van der Waals surface area contributed by atoms with Gasteiger partial charge in [-0.25, -0.2) is 5.48 Å². The molecule has 0 atom stereocenters. The molecule has 2 aromatic rings. The summed E-state index contributed by atoms with van der Waals surface area (Å²) in [5, 5.41) is 11.5. The molecule has 0 aliphatic heterocycles. The molecular weight excluding hydrogens is 297 g/mol. The van der Waals surface area contributed by atoms with E-state index in [1.165, 1.54) is 29.7 Å². The molecular formula is C15H13F3N2O2. The molecule has 7 heteroatoms. The third-order valence-electron chi connectivity index (χ3n) is 3.03. The van der Waals surface area contributed by atoms with E-state index in [-0.39, 0.29) is 0 Å². The second kappa shape index (κ2) is 6.48. The van der Waals surface area contributed by atoms with Crippen LogP contribution in [0, 0.1) is 0 Å². The average molecular weight is 310 g/mol. The summed E-state index contributed by atoms with van der Waals surface area (Å²) in [6.07, 6.45) is -4.35. The predicted molar refractivity (Wildman–Crippen MR) is 74.5 cm³/mol. The fraction of sp³-hybridized carbons (Fsp3) is 0.133. The Balaban J connectivity index is 1.97. The van der Waals surface area contributed by atoms with E-state index in [1.54, 1.807) is 12.1 Å². The number of alkyl halides is 3. The minimum Gasteiger partial charge on any atom is -0.381 e. The molecule has 0 unspecified atom stereocenters. The van der Waals surface area contributed by atoms with Crippen molar-refractivity contribution in [3.63, 3.8) is 0 Å². The Morgan fingerprint density at radius 3 is 2.09 bits per heavy atom. The molecule has 0 saturated carbocycles. The zero-order valence-corrected chi connectivity index (χ0v) is 11.3. The zero-order chi connectivity index (χ0) is 16.2. The van der Waals surface area contributed by atoms with Crippen LogP contribution in [-0.4, -0.2) is 11.1 Å². The SMILES string of the molecule is O=C(NO)c1ccc(CNc2ccc(C(F)(F)F)cc2)cc1. The Labute approximate surface area is 124 Å². The van der Waals surface area contributed by atoms with E-state index < -0.39 is 17.6 Å². The van der Waals surface area contributed by atoms with Gasteiger partial charge >= 0.3 is 6.18 Å². The topological polar surface area (TPSA) is 61.4 Å². The summed E-state index contributed by atoms with van der Waals surface area (Å²) < 4.78 is 37.3. The monoisotopic (exact) mass is 310 g/mol. The van der Waals surface area contributed by atoms with E-state index in [0.29, 0.717) is 17.8 Å². The first kappa shape index (κ1) is 15.8. The summed E-state index contributed by atoms with van der Waals surface area (Å²) in [4.78, 5) is 11.1. The minimum atomic E-state index is -4.35. The molecule has 0 aliphatic rings. The highest BCUT2D eigenvalue weighted by Crippen LogP contribution is 2.29. The molecule has 2 rings (SSSR count). The molecule has 22 heavy (non-hydrogen) atoms. The molecule has 1 amide bonds. The van der Waals surface area contributed by atoms with Gasteiger partial charge < -0.3 is 5.32 Å². The number of carbonyl (C=O) groups excluding carboxylic acids is 1. The summed E-state index contributed by atoms with van der Waals surface area (Å²) >= 11 is 0. The molecule has 0 heterocycles. The lowest BCUT2D eigenvalue weighted by Crippen LogP contribution is -2.18.